The molecule has 0 amide bonds. The van der Waals surface area contributed by atoms with Crippen LogP contribution in [0.25, 0.3) is 0 Å². The van der Waals surface area contributed by atoms with E-state index in [2.05, 4.69) is 4.90 Å². The van der Waals surface area contributed by atoms with Crippen molar-refractivity contribution < 1.29 is 9.90 Å². The lowest BCUT2D eigenvalue weighted by atomic mass is 9.89. The number of benzene rings is 1. The summed E-state index contributed by atoms with van der Waals surface area (Å²) in [6.45, 7) is 2.45. The van der Waals surface area contributed by atoms with Gasteiger partial charge in [-0.3, -0.25) is 4.79 Å². The van der Waals surface area contributed by atoms with E-state index in [9.17, 15) is 4.79 Å². The molecule has 1 aromatic carbocycles. The van der Waals surface area contributed by atoms with Crippen molar-refractivity contribution in [1.82, 2.24) is 0 Å². The number of hydrogen-bond acceptors (Lipinski definition) is 2. The lowest BCUT2D eigenvalue weighted by Crippen LogP contribution is -2.23. The van der Waals surface area contributed by atoms with Gasteiger partial charge in [0.15, 0.2) is 0 Å². The minimum atomic E-state index is -0.772. The molecule has 0 spiro atoms. The fourth-order valence-electron chi connectivity index (χ4n) is 2.29. The molecule has 16 heavy (non-hydrogen) atoms. The summed E-state index contributed by atoms with van der Waals surface area (Å²) >= 11 is 6.16. The number of carbonyl (C=O) groups is 1. The van der Waals surface area contributed by atoms with Gasteiger partial charge in [-0.2, -0.15) is 0 Å². The molecule has 3 nitrogen and oxygen atoms in total. The maximum absolute atomic E-state index is 11.1. The molecule has 0 radical (unpaired) electrons. The summed E-state index contributed by atoms with van der Waals surface area (Å²) in [5, 5.41) is 9.75. The summed E-state index contributed by atoms with van der Waals surface area (Å²) in [6.07, 6.45) is 0. The first-order valence-corrected chi connectivity index (χ1v) is 5.62. The normalized spacial score (nSPS) is 20.7. The third-order valence-electron chi connectivity index (χ3n) is 3.28. The molecular formula is C12H14ClNO2. The fraction of sp³-hybridized carbons (Fsp3) is 0.417. The Balaban J connectivity index is 2.46. The minimum Gasteiger partial charge on any atom is -0.481 e. The average molecular weight is 240 g/mol. The van der Waals surface area contributed by atoms with Crippen LogP contribution >= 0.6 is 11.6 Å². The van der Waals surface area contributed by atoms with Gasteiger partial charge in [-0.05, 0) is 17.7 Å². The van der Waals surface area contributed by atoms with E-state index in [1.54, 1.807) is 6.92 Å². The zero-order valence-electron chi connectivity index (χ0n) is 9.27. The van der Waals surface area contributed by atoms with Crippen LogP contribution in [0, 0.1) is 5.92 Å². The number of halogens is 1. The summed E-state index contributed by atoms with van der Waals surface area (Å²) in [6, 6.07) is 5.70. The molecule has 1 aromatic rings. The Morgan fingerprint density at radius 3 is 2.94 bits per heavy atom. The highest BCUT2D eigenvalue weighted by Crippen LogP contribution is 2.43. The molecule has 0 saturated heterocycles. The van der Waals surface area contributed by atoms with Crippen molar-refractivity contribution in [1.29, 1.82) is 0 Å². The van der Waals surface area contributed by atoms with Gasteiger partial charge in [-0.25, -0.2) is 0 Å². The number of rotatable bonds is 2. The highest BCUT2D eigenvalue weighted by molar-refractivity contribution is 6.32. The van der Waals surface area contributed by atoms with E-state index in [-0.39, 0.29) is 5.92 Å². The van der Waals surface area contributed by atoms with E-state index in [4.69, 9.17) is 16.7 Å². The Bertz CT molecular complexity index is 433. The molecule has 0 aromatic heterocycles. The van der Waals surface area contributed by atoms with Crippen LogP contribution in [0.15, 0.2) is 18.2 Å². The van der Waals surface area contributed by atoms with Crippen molar-refractivity contribution in [3.05, 3.63) is 28.8 Å². The summed E-state index contributed by atoms with van der Waals surface area (Å²) in [5.41, 5.74) is 2.02. The highest BCUT2D eigenvalue weighted by atomic mass is 35.5. The van der Waals surface area contributed by atoms with Crippen LogP contribution in [0.3, 0.4) is 0 Å². The van der Waals surface area contributed by atoms with Gasteiger partial charge in [0.1, 0.15) is 0 Å². The third-order valence-corrected chi connectivity index (χ3v) is 3.61. The van der Waals surface area contributed by atoms with Crippen LogP contribution in [0.1, 0.15) is 18.4 Å². The van der Waals surface area contributed by atoms with E-state index < -0.39 is 11.9 Å². The second-order valence-corrected chi connectivity index (χ2v) is 4.69. The molecule has 1 aliphatic heterocycles. The van der Waals surface area contributed by atoms with E-state index in [0.717, 1.165) is 11.3 Å². The average Bonchev–Trinajstić information content (AvgIpc) is 2.57. The number of likely N-dealkylation sites (N-methyl/N-ethyl adjacent to an activating group) is 1. The Labute approximate surface area is 99.6 Å². The van der Waals surface area contributed by atoms with Gasteiger partial charge in [0.05, 0.1) is 5.92 Å². The van der Waals surface area contributed by atoms with Crippen molar-refractivity contribution in [3.8, 4) is 0 Å². The second kappa shape index (κ2) is 3.98. The zero-order valence-corrected chi connectivity index (χ0v) is 10.0. The number of anilines is 1. The number of aliphatic carboxylic acids is 1. The molecule has 2 atom stereocenters. The van der Waals surface area contributed by atoms with Crippen LogP contribution in [0.5, 0.6) is 0 Å². The van der Waals surface area contributed by atoms with Gasteiger partial charge in [0, 0.05) is 30.2 Å². The third kappa shape index (κ3) is 1.65. The highest BCUT2D eigenvalue weighted by Gasteiger charge is 2.35. The van der Waals surface area contributed by atoms with Gasteiger partial charge in [0.2, 0.25) is 0 Å². The monoisotopic (exact) mass is 239 g/mol. The topological polar surface area (TPSA) is 40.5 Å². The predicted octanol–water partition coefficient (Wildman–Crippen LogP) is 2.59. The molecule has 2 unspecified atom stereocenters. The first-order valence-electron chi connectivity index (χ1n) is 5.24. The van der Waals surface area contributed by atoms with Gasteiger partial charge in [-0.1, -0.05) is 24.6 Å². The van der Waals surface area contributed by atoms with E-state index in [1.165, 1.54) is 0 Å². The molecule has 86 valence electrons. The molecule has 2 rings (SSSR count). The first-order chi connectivity index (χ1) is 7.52. The number of carboxylic acid groups (broad SMARTS) is 1. The summed E-state index contributed by atoms with van der Waals surface area (Å²) in [4.78, 5) is 13.1. The van der Waals surface area contributed by atoms with Crippen molar-refractivity contribution in [2.75, 3.05) is 18.5 Å². The van der Waals surface area contributed by atoms with E-state index in [0.29, 0.717) is 11.6 Å². The molecule has 1 heterocycles. The van der Waals surface area contributed by atoms with Crippen LogP contribution in [-0.4, -0.2) is 24.7 Å². The maximum atomic E-state index is 11.1. The lowest BCUT2D eigenvalue weighted by Gasteiger charge is -2.16. The van der Waals surface area contributed by atoms with E-state index in [1.807, 2.05) is 25.2 Å². The lowest BCUT2D eigenvalue weighted by molar-refractivity contribution is -0.141. The maximum Gasteiger partial charge on any atom is 0.306 e. The number of hydrogen-bond donors (Lipinski definition) is 1. The molecule has 4 heteroatoms. The van der Waals surface area contributed by atoms with Crippen LogP contribution < -0.4 is 4.90 Å². The van der Waals surface area contributed by atoms with Gasteiger partial charge < -0.3 is 10.0 Å². The standard InChI is InChI=1S/C12H14ClNO2/c1-7(12(15)16)8-6-14(2)10-5-3-4-9(13)11(8)10/h3-5,7-8H,6H2,1-2H3,(H,15,16). The summed E-state index contributed by atoms with van der Waals surface area (Å²) < 4.78 is 0. The quantitative estimate of drug-likeness (QED) is 0.863. The van der Waals surface area contributed by atoms with Crippen molar-refractivity contribution in [2.24, 2.45) is 5.92 Å². The minimum absolute atomic E-state index is 0.0220. The molecule has 1 N–H and O–H groups in total. The number of carboxylic acids is 1. The predicted molar refractivity (Wildman–Crippen MR) is 64.3 cm³/mol. The molecule has 0 saturated carbocycles. The summed E-state index contributed by atoms with van der Waals surface area (Å²) in [5.74, 6) is -1.21. The van der Waals surface area contributed by atoms with Gasteiger partial charge in [-0.15, -0.1) is 0 Å². The Morgan fingerprint density at radius 1 is 1.62 bits per heavy atom. The molecular weight excluding hydrogens is 226 g/mol. The molecule has 1 aliphatic rings. The largest absolute Gasteiger partial charge is 0.481 e. The van der Waals surface area contributed by atoms with Gasteiger partial charge >= 0.3 is 5.97 Å². The zero-order chi connectivity index (χ0) is 11.9. The Kier molecular flexibility index (Phi) is 2.80. The van der Waals surface area contributed by atoms with Crippen LogP contribution in [0.2, 0.25) is 5.02 Å². The van der Waals surface area contributed by atoms with Crippen molar-refractivity contribution in [3.63, 3.8) is 0 Å². The Morgan fingerprint density at radius 2 is 2.31 bits per heavy atom. The number of fused-ring (bicyclic) bond motifs is 1. The van der Waals surface area contributed by atoms with Crippen molar-refractivity contribution >= 4 is 23.3 Å². The van der Waals surface area contributed by atoms with E-state index >= 15 is 0 Å². The van der Waals surface area contributed by atoms with Crippen LogP contribution in [-0.2, 0) is 4.79 Å². The molecule has 0 bridgehead atoms. The first kappa shape index (κ1) is 11.3. The fourth-order valence-corrected chi connectivity index (χ4v) is 2.60. The van der Waals surface area contributed by atoms with Crippen LogP contribution in [0.4, 0.5) is 5.69 Å². The smallest absolute Gasteiger partial charge is 0.306 e. The molecule has 0 aliphatic carbocycles. The van der Waals surface area contributed by atoms with Gasteiger partial charge in [0.25, 0.3) is 0 Å². The molecule has 0 fully saturated rings. The summed E-state index contributed by atoms with van der Waals surface area (Å²) in [7, 11) is 1.96. The van der Waals surface area contributed by atoms with Crippen molar-refractivity contribution in [2.45, 2.75) is 12.8 Å². The second-order valence-electron chi connectivity index (χ2n) is 4.29. The Hall–Kier alpha value is -1.22. The SMILES string of the molecule is CC(C(=O)O)C1CN(C)c2cccc(Cl)c21. The number of nitrogens with zero attached hydrogens (tertiary/aromatic N) is 1.